The monoisotopic (exact) mass is 398 g/mol. The second-order valence-corrected chi connectivity index (χ2v) is 8.08. The van der Waals surface area contributed by atoms with Crippen LogP contribution in [0, 0.1) is 0 Å². The molecule has 0 saturated carbocycles. The molecule has 2 aromatic carbocycles. The van der Waals surface area contributed by atoms with Crippen LogP contribution in [0.4, 0.5) is 18.9 Å². The van der Waals surface area contributed by atoms with E-state index >= 15 is 0 Å². The van der Waals surface area contributed by atoms with Crippen molar-refractivity contribution in [2.24, 2.45) is 0 Å². The van der Waals surface area contributed by atoms with E-state index in [1.165, 1.54) is 12.1 Å². The number of rotatable bonds is 2. The van der Waals surface area contributed by atoms with E-state index in [4.69, 9.17) is 5.73 Å². The number of hydrogen-bond donors (Lipinski definition) is 1. The Labute approximate surface area is 166 Å². The number of nitrogen functional groups attached to an aromatic ring is 1. The van der Waals surface area contributed by atoms with Gasteiger partial charge >= 0.3 is 6.18 Å². The van der Waals surface area contributed by atoms with Crippen molar-refractivity contribution in [1.29, 1.82) is 0 Å². The largest absolute Gasteiger partial charge is 0.416 e. The molecule has 0 atom stereocenters. The minimum Gasteiger partial charge on any atom is -0.397 e. The summed E-state index contributed by atoms with van der Waals surface area (Å²) in [4.78, 5) is 0. The summed E-state index contributed by atoms with van der Waals surface area (Å²) in [5.74, 6) is 0. The van der Waals surface area contributed by atoms with Crippen molar-refractivity contribution in [3.05, 3.63) is 66.6 Å². The third-order valence-corrected chi connectivity index (χ3v) is 4.93. The fourth-order valence-corrected chi connectivity index (χ4v) is 3.41. The molecule has 150 valence electrons. The molecule has 4 nitrogen and oxygen atoms in total. The van der Waals surface area contributed by atoms with E-state index in [2.05, 4.69) is 30.4 Å². The molecule has 29 heavy (non-hydrogen) atoms. The summed E-state index contributed by atoms with van der Waals surface area (Å²) >= 11 is 0. The molecular formula is C22H21F3N4. The topological polar surface area (TPSA) is 48.8 Å². The molecule has 0 unspecified atom stereocenters. The molecule has 0 aliphatic rings. The van der Waals surface area contributed by atoms with Gasteiger partial charge in [-0.15, -0.1) is 0 Å². The van der Waals surface area contributed by atoms with Gasteiger partial charge in [-0.05, 0) is 62.7 Å². The highest BCUT2D eigenvalue weighted by Gasteiger charge is 2.30. The van der Waals surface area contributed by atoms with Gasteiger partial charge in [0.25, 0.3) is 0 Å². The number of anilines is 1. The van der Waals surface area contributed by atoms with Crippen LogP contribution in [0.25, 0.3) is 27.7 Å². The molecule has 2 aromatic heterocycles. The van der Waals surface area contributed by atoms with E-state index in [0.717, 1.165) is 34.2 Å². The molecule has 2 N–H and O–H groups in total. The summed E-state index contributed by atoms with van der Waals surface area (Å²) in [5.41, 5.74) is 9.56. The zero-order chi connectivity index (χ0) is 21.0. The third-order valence-electron chi connectivity index (χ3n) is 4.93. The summed E-state index contributed by atoms with van der Waals surface area (Å²) < 4.78 is 42.0. The Morgan fingerprint density at radius 3 is 2.21 bits per heavy atom. The van der Waals surface area contributed by atoms with E-state index in [1.54, 1.807) is 17.1 Å². The van der Waals surface area contributed by atoms with E-state index in [1.807, 2.05) is 24.4 Å². The normalized spacial score (nSPS) is 12.6. The van der Waals surface area contributed by atoms with Gasteiger partial charge in [0, 0.05) is 28.9 Å². The van der Waals surface area contributed by atoms with Gasteiger partial charge in [0.2, 0.25) is 0 Å². The van der Waals surface area contributed by atoms with Crippen molar-refractivity contribution in [3.63, 3.8) is 0 Å². The molecule has 4 rings (SSSR count). The van der Waals surface area contributed by atoms with Crippen LogP contribution in [0.5, 0.6) is 0 Å². The first-order valence-electron chi connectivity index (χ1n) is 9.18. The van der Waals surface area contributed by atoms with E-state index in [0.29, 0.717) is 11.4 Å². The van der Waals surface area contributed by atoms with E-state index < -0.39 is 11.7 Å². The minimum atomic E-state index is -4.35. The minimum absolute atomic E-state index is 0.0924. The van der Waals surface area contributed by atoms with E-state index in [-0.39, 0.29) is 5.54 Å². The number of nitrogens with two attached hydrogens (primary N) is 1. The summed E-state index contributed by atoms with van der Waals surface area (Å²) in [6.07, 6.45) is 1.07. The predicted molar refractivity (Wildman–Crippen MR) is 109 cm³/mol. The number of fused-ring (bicyclic) bond motifs is 1. The fraction of sp³-hybridized carbons (Fsp3) is 0.227. The molecule has 0 bridgehead atoms. The Kier molecular flexibility index (Phi) is 4.22. The summed E-state index contributed by atoms with van der Waals surface area (Å²) in [6, 6.07) is 11.0. The van der Waals surface area contributed by atoms with Crippen molar-refractivity contribution in [3.8, 4) is 16.8 Å². The lowest BCUT2D eigenvalue weighted by Crippen LogP contribution is -2.20. The summed E-state index contributed by atoms with van der Waals surface area (Å²) in [6.45, 7) is 6.36. The van der Waals surface area contributed by atoms with Crippen LogP contribution in [0.2, 0.25) is 0 Å². The molecule has 0 spiro atoms. The van der Waals surface area contributed by atoms with Crippen molar-refractivity contribution in [2.45, 2.75) is 32.5 Å². The molecule has 0 aliphatic carbocycles. The van der Waals surface area contributed by atoms with Crippen LogP contribution in [-0.4, -0.2) is 14.3 Å². The van der Waals surface area contributed by atoms with Crippen molar-refractivity contribution >= 4 is 16.6 Å². The predicted octanol–water partition coefficient (Wildman–Crippen LogP) is 5.85. The summed E-state index contributed by atoms with van der Waals surface area (Å²) in [7, 11) is 0. The lowest BCUT2D eigenvalue weighted by Gasteiger charge is -2.22. The smallest absolute Gasteiger partial charge is 0.397 e. The molecule has 0 fully saturated rings. The highest BCUT2D eigenvalue weighted by atomic mass is 19.4. The Morgan fingerprint density at radius 2 is 1.59 bits per heavy atom. The molecule has 0 saturated heterocycles. The fourth-order valence-electron chi connectivity index (χ4n) is 3.41. The molecule has 2 heterocycles. The zero-order valence-electron chi connectivity index (χ0n) is 16.3. The number of halogens is 3. The van der Waals surface area contributed by atoms with Gasteiger partial charge in [-0.25, -0.2) is 4.68 Å². The maximum Gasteiger partial charge on any atom is 0.416 e. The second kappa shape index (κ2) is 6.40. The molecule has 0 radical (unpaired) electrons. The van der Waals surface area contributed by atoms with Crippen LogP contribution < -0.4 is 5.73 Å². The average molecular weight is 398 g/mol. The first-order chi connectivity index (χ1) is 13.5. The molecule has 7 heteroatoms. The third kappa shape index (κ3) is 3.48. The van der Waals surface area contributed by atoms with E-state index in [9.17, 15) is 13.2 Å². The Hall–Kier alpha value is -3.22. The molecule has 0 amide bonds. The van der Waals surface area contributed by atoms with Gasteiger partial charge in [-0.3, -0.25) is 0 Å². The summed E-state index contributed by atoms with van der Waals surface area (Å²) in [5, 5.41) is 5.26. The van der Waals surface area contributed by atoms with Gasteiger partial charge in [-0.1, -0.05) is 6.07 Å². The van der Waals surface area contributed by atoms with Crippen LogP contribution in [-0.2, 0) is 11.7 Å². The van der Waals surface area contributed by atoms with Crippen LogP contribution in [0.3, 0.4) is 0 Å². The first kappa shape index (κ1) is 19.1. The highest BCUT2D eigenvalue weighted by Crippen LogP contribution is 2.33. The van der Waals surface area contributed by atoms with Crippen LogP contribution >= 0.6 is 0 Å². The SMILES string of the molecule is CC(C)(C)n1cc(N)c2cc(-c3cnn(-c4ccc(C(F)(F)F)cc4)c3)ccc21. The Balaban J connectivity index is 1.69. The molecule has 0 aliphatic heterocycles. The Morgan fingerprint density at radius 1 is 0.897 bits per heavy atom. The molecule has 4 aromatic rings. The molecular weight excluding hydrogens is 377 g/mol. The first-order valence-corrected chi connectivity index (χ1v) is 9.18. The van der Waals surface area contributed by atoms with Gasteiger partial charge < -0.3 is 10.3 Å². The maximum atomic E-state index is 12.7. The number of hydrogen-bond acceptors (Lipinski definition) is 2. The quantitative estimate of drug-likeness (QED) is 0.460. The number of aromatic nitrogens is 3. The van der Waals surface area contributed by atoms with Crippen molar-refractivity contribution in [2.75, 3.05) is 5.73 Å². The second-order valence-electron chi connectivity index (χ2n) is 8.08. The highest BCUT2D eigenvalue weighted by molar-refractivity contribution is 5.95. The maximum absolute atomic E-state index is 12.7. The average Bonchev–Trinajstić information content (AvgIpc) is 3.26. The van der Waals surface area contributed by atoms with Crippen molar-refractivity contribution in [1.82, 2.24) is 14.3 Å². The van der Waals surface area contributed by atoms with Gasteiger partial charge in [0.1, 0.15) is 0 Å². The zero-order valence-corrected chi connectivity index (χ0v) is 16.3. The lowest BCUT2D eigenvalue weighted by atomic mass is 10.1. The number of benzene rings is 2. The lowest BCUT2D eigenvalue weighted by molar-refractivity contribution is -0.137. The Bertz CT molecular complexity index is 1180. The van der Waals surface area contributed by atoms with Crippen LogP contribution in [0.15, 0.2) is 61.1 Å². The number of nitrogens with zero attached hydrogens (tertiary/aromatic N) is 3. The standard InChI is InChI=1S/C22H21F3N4/c1-21(2,3)28-13-19(26)18-10-14(4-9-20(18)28)15-11-27-29(12-15)17-7-5-16(6-8-17)22(23,24)25/h4-13H,26H2,1-3H3. The van der Waals surface area contributed by atoms with Gasteiger partial charge in [-0.2, -0.15) is 18.3 Å². The van der Waals surface area contributed by atoms with Crippen molar-refractivity contribution < 1.29 is 13.2 Å². The van der Waals surface area contributed by atoms with Gasteiger partial charge in [0.05, 0.1) is 28.7 Å². The van der Waals surface area contributed by atoms with Gasteiger partial charge in [0.15, 0.2) is 0 Å². The number of alkyl halides is 3. The van der Waals surface area contributed by atoms with Crippen LogP contribution in [0.1, 0.15) is 26.3 Å².